The first-order valence-corrected chi connectivity index (χ1v) is 11.7. The molecule has 35 heavy (non-hydrogen) atoms. The molecule has 8 heteroatoms. The molecule has 0 spiro atoms. The van der Waals surface area contributed by atoms with Crippen LogP contribution in [-0.2, 0) is 0 Å². The van der Waals surface area contributed by atoms with Crippen LogP contribution in [0.3, 0.4) is 0 Å². The highest BCUT2D eigenvalue weighted by Gasteiger charge is 2.30. The third kappa shape index (κ3) is 4.42. The molecule has 0 unspecified atom stereocenters. The average Bonchev–Trinajstić information content (AvgIpc) is 3.26. The fraction of sp³-hybridized carbons (Fsp3) is 0.185. The number of nitrogens with zero attached hydrogens (tertiary/aromatic N) is 2. The first-order valence-electron chi connectivity index (χ1n) is 11.3. The van der Waals surface area contributed by atoms with Gasteiger partial charge in [0.05, 0.1) is 23.4 Å². The zero-order valence-corrected chi connectivity index (χ0v) is 19.9. The summed E-state index contributed by atoms with van der Waals surface area (Å²) in [6, 6.07) is 21.9. The van der Waals surface area contributed by atoms with Crippen molar-refractivity contribution in [1.82, 2.24) is 4.90 Å². The SMILES string of the molecule is COc1ccccc1N1CCN(C(=O)c2oc3ccccc3c2NC(=O)c2ccccc2Cl)CC1. The van der Waals surface area contributed by atoms with Crippen molar-refractivity contribution < 1.29 is 18.7 Å². The van der Waals surface area contributed by atoms with Crippen LogP contribution >= 0.6 is 11.6 Å². The van der Waals surface area contributed by atoms with Gasteiger partial charge in [0.1, 0.15) is 17.0 Å². The number of ether oxygens (including phenoxy) is 1. The predicted molar refractivity (Wildman–Crippen MR) is 137 cm³/mol. The standard InChI is InChI=1S/C27H24ClN3O4/c1-34-23-13-7-5-11-21(23)30-14-16-31(17-15-30)27(33)25-24(19-9-3-6-12-22(19)35-25)29-26(32)18-8-2-4-10-20(18)28/h2-13H,14-17H2,1H3,(H,29,32). The lowest BCUT2D eigenvalue weighted by Gasteiger charge is -2.36. The molecule has 1 N–H and O–H groups in total. The van der Waals surface area contributed by atoms with E-state index in [2.05, 4.69) is 10.2 Å². The number of hydrogen-bond acceptors (Lipinski definition) is 5. The lowest BCUT2D eigenvalue weighted by atomic mass is 10.1. The second kappa shape index (κ2) is 9.72. The van der Waals surface area contributed by atoms with Gasteiger partial charge in [-0.15, -0.1) is 0 Å². The second-order valence-corrected chi connectivity index (χ2v) is 8.59. The van der Waals surface area contributed by atoms with Gasteiger partial charge < -0.3 is 24.3 Å². The highest BCUT2D eigenvalue weighted by atomic mass is 35.5. The lowest BCUT2D eigenvalue weighted by Crippen LogP contribution is -2.49. The fourth-order valence-corrected chi connectivity index (χ4v) is 4.55. The van der Waals surface area contributed by atoms with Crippen LogP contribution in [0.5, 0.6) is 5.75 Å². The number of nitrogens with one attached hydrogen (secondary N) is 1. The maximum atomic E-state index is 13.6. The Labute approximate surface area is 207 Å². The van der Waals surface area contributed by atoms with Crippen molar-refractivity contribution in [2.45, 2.75) is 0 Å². The Kier molecular flexibility index (Phi) is 6.33. The molecule has 7 nitrogen and oxygen atoms in total. The Bertz CT molecular complexity index is 1390. The van der Waals surface area contributed by atoms with Gasteiger partial charge >= 0.3 is 0 Å². The van der Waals surface area contributed by atoms with Gasteiger partial charge in [0, 0.05) is 31.6 Å². The fourth-order valence-electron chi connectivity index (χ4n) is 4.33. The summed E-state index contributed by atoms with van der Waals surface area (Å²) in [5.41, 5.74) is 2.20. The average molecular weight is 490 g/mol. The zero-order valence-electron chi connectivity index (χ0n) is 19.2. The molecular weight excluding hydrogens is 466 g/mol. The summed E-state index contributed by atoms with van der Waals surface area (Å²) in [6.45, 7) is 2.30. The van der Waals surface area contributed by atoms with Gasteiger partial charge in [0.25, 0.3) is 11.8 Å². The Morgan fingerprint density at radius 2 is 1.60 bits per heavy atom. The maximum Gasteiger partial charge on any atom is 0.291 e. The van der Waals surface area contributed by atoms with E-state index >= 15 is 0 Å². The number of carbonyl (C=O) groups is 2. The molecule has 0 saturated carbocycles. The van der Waals surface area contributed by atoms with Crippen LogP contribution in [0.25, 0.3) is 11.0 Å². The Morgan fingerprint density at radius 1 is 0.914 bits per heavy atom. The molecule has 0 atom stereocenters. The number of amides is 2. The largest absolute Gasteiger partial charge is 0.495 e. The molecule has 1 aliphatic rings. The minimum Gasteiger partial charge on any atom is -0.495 e. The molecule has 178 valence electrons. The number of carbonyl (C=O) groups excluding carboxylic acids is 2. The minimum atomic E-state index is -0.405. The summed E-state index contributed by atoms with van der Waals surface area (Å²) < 4.78 is 11.4. The van der Waals surface area contributed by atoms with Gasteiger partial charge in [-0.1, -0.05) is 48.0 Å². The first-order chi connectivity index (χ1) is 17.1. The number of fused-ring (bicyclic) bond motifs is 1. The number of rotatable bonds is 5. The third-order valence-electron chi connectivity index (χ3n) is 6.14. The molecule has 0 aliphatic carbocycles. The molecule has 1 fully saturated rings. The normalized spacial score (nSPS) is 13.7. The van der Waals surface area contributed by atoms with Crippen LogP contribution in [0.15, 0.2) is 77.2 Å². The van der Waals surface area contributed by atoms with E-state index in [1.165, 1.54) is 0 Å². The van der Waals surface area contributed by atoms with Gasteiger partial charge in [-0.2, -0.15) is 0 Å². The molecule has 1 aliphatic heterocycles. The molecular formula is C27H24ClN3O4. The number of methoxy groups -OCH3 is 1. The zero-order chi connectivity index (χ0) is 24.4. The Balaban J connectivity index is 1.39. The molecule has 5 rings (SSSR count). The molecule has 0 bridgehead atoms. The van der Waals surface area contributed by atoms with Crippen LogP contribution in [0.1, 0.15) is 20.9 Å². The highest BCUT2D eigenvalue weighted by Crippen LogP contribution is 2.34. The maximum absolute atomic E-state index is 13.6. The van der Waals surface area contributed by atoms with Crippen molar-refractivity contribution in [3.63, 3.8) is 0 Å². The molecule has 3 aromatic carbocycles. The minimum absolute atomic E-state index is 0.109. The van der Waals surface area contributed by atoms with Crippen molar-refractivity contribution >= 4 is 45.8 Å². The van der Waals surface area contributed by atoms with Gasteiger partial charge in [-0.25, -0.2) is 0 Å². The van der Waals surface area contributed by atoms with Gasteiger partial charge in [0.2, 0.25) is 5.76 Å². The van der Waals surface area contributed by atoms with E-state index in [9.17, 15) is 9.59 Å². The third-order valence-corrected chi connectivity index (χ3v) is 6.47. The van der Waals surface area contributed by atoms with Crippen LogP contribution < -0.4 is 15.0 Å². The molecule has 4 aromatic rings. The van der Waals surface area contributed by atoms with Crippen molar-refractivity contribution in [2.24, 2.45) is 0 Å². The van der Waals surface area contributed by atoms with E-state index in [1.807, 2.05) is 42.5 Å². The Morgan fingerprint density at radius 3 is 2.37 bits per heavy atom. The van der Waals surface area contributed by atoms with E-state index in [0.29, 0.717) is 53.4 Å². The lowest BCUT2D eigenvalue weighted by molar-refractivity contribution is 0.0718. The van der Waals surface area contributed by atoms with Crippen molar-refractivity contribution in [3.05, 3.63) is 89.1 Å². The molecule has 2 amide bonds. The summed E-state index contributed by atoms with van der Waals surface area (Å²) in [5.74, 6) is 0.235. The molecule has 2 heterocycles. The molecule has 1 saturated heterocycles. The number of piperazine rings is 1. The van der Waals surface area contributed by atoms with E-state index in [4.69, 9.17) is 20.8 Å². The smallest absolute Gasteiger partial charge is 0.291 e. The van der Waals surface area contributed by atoms with Crippen molar-refractivity contribution in [3.8, 4) is 5.75 Å². The van der Waals surface area contributed by atoms with Crippen LogP contribution in [0.4, 0.5) is 11.4 Å². The van der Waals surface area contributed by atoms with E-state index < -0.39 is 5.91 Å². The summed E-state index contributed by atoms with van der Waals surface area (Å²) in [7, 11) is 1.65. The number of anilines is 2. The van der Waals surface area contributed by atoms with Crippen LogP contribution in [-0.4, -0.2) is 50.0 Å². The van der Waals surface area contributed by atoms with Gasteiger partial charge in [0.15, 0.2) is 0 Å². The monoisotopic (exact) mass is 489 g/mol. The van der Waals surface area contributed by atoms with E-state index in [1.54, 1.807) is 42.3 Å². The number of benzene rings is 3. The number of hydrogen-bond donors (Lipinski definition) is 1. The van der Waals surface area contributed by atoms with Crippen molar-refractivity contribution in [2.75, 3.05) is 43.5 Å². The van der Waals surface area contributed by atoms with E-state index in [0.717, 1.165) is 11.4 Å². The number of furan rings is 1. The van der Waals surface area contributed by atoms with Gasteiger partial charge in [-0.05, 0) is 36.4 Å². The summed E-state index contributed by atoms with van der Waals surface area (Å²) in [4.78, 5) is 30.5. The molecule has 0 radical (unpaired) electrons. The predicted octanol–water partition coefficient (Wildman–Crippen LogP) is 5.31. The number of para-hydroxylation sites is 3. The second-order valence-electron chi connectivity index (χ2n) is 8.19. The summed E-state index contributed by atoms with van der Waals surface area (Å²) >= 11 is 6.21. The van der Waals surface area contributed by atoms with Crippen LogP contribution in [0.2, 0.25) is 5.02 Å². The first kappa shape index (κ1) is 22.8. The Hall–Kier alpha value is -3.97. The highest BCUT2D eigenvalue weighted by molar-refractivity contribution is 6.34. The molecule has 1 aromatic heterocycles. The quantitative estimate of drug-likeness (QED) is 0.411. The van der Waals surface area contributed by atoms with Crippen molar-refractivity contribution in [1.29, 1.82) is 0 Å². The van der Waals surface area contributed by atoms with Gasteiger partial charge in [-0.3, -0.25) is 9.59 Å². The topological polar surface area (TPSA) is 75.0 Å². The van der Waals surface area contributed by atoms with Crippen LogP contribution in [0, 0.1) is 0 Å². The summed E-state index contributed by atoms with van der Waals surface area (Å²) in [5, 5.41) is 3.86. The number of halogens is 1. The van der Waals surface area contributed by atoms with E-state index in [-0.39, 0.29) is 11.7 Å². The summed E-state index contributed by atoms with van der Waals surface area (Å²) in [6.07, 6.45) is 0.